The first-order chi connectivity index (χ1) is 6.68. The van der Waals surface area contributed by atoms with Gasteiger partial charge in [0.15, 0.2) is 0 Å². The van der Waals surface area contributed by atoms with Crippen LogP contribution in [0.3, 0.4) is 0 Å². The second-order valence-electron chi connectivity index (χ2n) is 3.53. The third kappa shape index (κ3) is 1.41. The number of nitrogens with one attached hydrogen (secondary N) is 1. The zero-order valence-electron chi connectivity index (χ0n) is 7.91. The minimum absolute atomic E-state index is 0.177. The van der Waals surface area contributed by atoms with Gasteiger partial charge in [0.25, 0.3) is 0 Å². The Labute approximate surface area is 82.1 Å². The molecule has 0 aromatic heterocycles. The maximum atomic E-state index is 11.4. The quantitative estimate of drug-likeness (QED) is 0.673. The van der Waals surface area contributed by atoms with Crippen LogP contribution in [0, 0.1) is 6.92 Å². The highest BCUT2D eigenvalue weighted by atomic mass is 16.2. The Balaban J connectivity index is 2.36. The minimum atomic E-state index is -0.288. The van der Waals surface area contributed by atoms with Gasteiger partial charge in [0.2, 0.25) is 11.8 Å². The smallest absolute Gasteiger partial charge is 0.234 e. The van der Waals surface area contributed by atoms with Crippen molar-refractivity contribution in [3.8, 4) is 0 Å². The zero-order chi connectivity index (χ0) is 10.1. The molecule has 1 saturated heterocycles. The van der Waals surface area contributed by atoms with Gasteiger partial charge in [0, 0.05) is 6.42 Å². The lowest BCUT2D eigenvalue weighted by molar-refractivity contribution is -0.125. The van der Waals surface area contributed by atoms with Crippen LogP contribution in [0.25, 0.3) is 0 Å². The highest BCUT2D eigenvalue weighted by molar-refractivity contribution is 6.06. The molecule has 1 fully saturated rings. The molecule has 0 radical (unpaired) electrons. The van der Waals surface area contributed by atoms with E-state index < -0.39 is 0 Å². The molecule has 1 heterocycles. The second kappa shape index (κ2) is 3.25. The Morgan fingerprint density at radius 1 is 1.29 bits per heavy atom. The molecule has 1 aromatic rings. The Kier molecular flexibility index (Phi) is 2.08. The summed E-state index contributed by atoms with van der Waals surface area (Å²) in [6.45, 7) is 1.95. The first-order valence-electron chi connectivity index (χ1n) is 4.57. The largest absolute Gasteiger partial charge is 0.296 e. The van der Waals surface area contributed by atoms with Crippen molar-refractivity contribution in [2.24, 2.45) is 0 Å². The van der Waals surface area contributed by atoms with Crippen molar-refractivity contribution in [2.45, 2.75) is 19.3 Å². The molecule has 1 aliphatic heterocycles. The summed E-state index contributed by atoms with van der Waals surface area (Å²) in [7, 11) is 0. The van der Waals surface area contributed by atoms with E-state index in [1.165, 1.54) is 0 Å². The predicted molar refractivity (Wildman–Crippen MR) is 51.7 cm³/mol. The molecular formula is C11H11NO2. The van der Waals surface area contributed by atoms with E-state index in [0.29, 0.717) is 0 Å². The van der Waals surface area contributed by atoms with Crippen molar-refractivity contribution in [1.82, 2.24) is 5.32 Å². The topological polar surface area (TPSA) is 46.2 Å². The Morgan fingerprint density at radius 2 is 2.00 bits per heavy atom. The molecule has 0 aliphatic carbocycles. The van der Waals surface area contributed by atoms with E-state index in [0.717, 1.165) is 11.1 Å². The molecule has 72 valence electrons. The Hall–Kier alpha value is -1.64. The lowest BCUT2D eigenvalue weighted by atomic mass is 9.94. The van der Waals surface area contributed by atoms with Gasteiger partial charge < -0.3 is 0 Å². The molecule has 3 nitrogen and oxygen atoms in total. The van der Waals surface area contributed by atoms with E-state index >= 15 is 0 Å². The van der Waals surface area contributed by atoms with Gasteiger partial charge in [-0.1, -0.05) is 24.3 Å². The standard InChI is InChI=1S/C11H11NO2/c1-7-4-2-3-5-8(7)9-6-10(13)12-11(9)14/h2-5,9H,6H2,1H3,(H,12,13,14). The summed E-state index contributed by atoms with van der Waals surface area (Å²) < 4.78 is 0. The first kappa shape index (κ1) is 8.94. The molecule has 2 rings (SSSR count). The fourth-order valence-electron chi connectivity index (χ4n) is 1.78. The van der Waals surface area contributed by atoms with E-state index in [-0.39, 0.29) is 24.2 Å². The van der Waals surface area contributed by atoms with Crippen molar-refractivity contribution >= 4 is 11.8 Å². The number of rotatable bonds is 1. The third-order valence-electron chi connectivity index (χ3n) is 2.53. The number of aryl methyl sites for hydroxylation is 1. The fraction of sp³-hybridized carbons (Fsp3) is 0.273. The minimum Gasteiger partial charge on any atom is -0.296 e. The summed E-state index contributed by atoms with van der Waals surface area (Å²) in [4.78, 5) is 22.4. The molecular weight excluding hydrogens is 178 g/mol. The highest BCUT2D eigenvalue weighted by Crippen LogP contribution is 2.26. The predicted octanol–water partition coefficient (Wildman–Crippen LogP) is 1.13. The van der Waals surface area contributed by atoms with Crippen LogP contribution in [0.2, 0.25) is 0 Å². The van der Waals surface area contributed by atoms with Gasteiger partial charge >= 0.3 is 0 Å². The lowest BCUT2D eigenvalue weighted by Crippen LogP contribution is -2.21. The second-order valence-corrected chi connectivity index (χ2v) is 3.53. The maximum absolute atomic E-state index is 11.4. The molecule has 14 heavy (non-hydrogen) atoms. The summed E-state index contributed by atoms with van der Waals surface area (Å²) >= 11 is 0. The van der Waals surface area contributed by atoms with Crippen molar-refractivity contribution in [3.05, 3.63) is 35.4 Å². The van der Waals surface area contributed by atoms with Crippen molar-refractivity contribution in [3.63, 3.8) is 0 Å². The molecule has 1 aliphatic rings. The third-order valence-corrected chi connectivity index (χ3v) is 2.53. The molecule has 1 atom stereocenters. The van der Waals surface area contributed by atoms with Crippen LogP contribution < -0.4 is 5.32 Å². The van der Waals surface area contributed by atoms with Crippen molar-refractivity contribution in [1.29, 1.82) is 0 Å². The maximum Gasteiger partial charge on any atom is 0.234 e. The molecule has 1 aromatic carbocycles. The van der Waals surface area contributed by atoms with E-state index in [1.807, 2.05) is 31.2 Å². The fourth-order valence-corrected chi connectivity index (χ4v) is 1.78. The molecule has 3 heteroatoms. The van der Waals surface area contributed by atoms with Crippen LogP contribution in [0.15, 0.2) is 24.3 Å². The summed E-state index contributed by atoms with van der Waals surface area (Å²) in [6.07, 6.45) is 0.281. The Morgan fingerprint density at radius 3 is 2.57 bits per heavy atom. The van der Waals surface area contributed by atoms with Crippen LogP contribution in [0.4, 0.5) is 0 Å². The number of benzene rings is 1. The van der Waals surface area contributed by atoms with Crippen molar-refractivity contribution in [2.75, 3.05) is 0 Å². The van der Waals surface area contributed by atoms with Crippen molar-refractivity contribution < 1.29 is 9.59 Å². The number of hydrogen-bond acceptors (Lipinski definition) is 2. The lowest BCUT2D eigenvalue weighted by Gasteiger charge is -2.08. The van der Waals surface area contributed by atoms with Crippen LogP contribution in [-0.4, -0.2) is 11.8 Å². The normalized spacial score (nSPS) is 21.1. The van der Waals surface area contributed by atoms with E-state index in [1.54, 1.807) is 0 Å². The zero-order valence-corrected chi connectivity index (χ0v) is 7.91. The first-order valence-corrected chi connectivity index (χ1v) is 4.57. The molecule has 0 saturated carbocycles. The average Bonchev–Trinajstić information content (AvgIpc) is 2.46. The highest BCUT2D eigenvalue weighted by Gasteiger charge is 2.32. The molecule has 1 unspecified atom stereocenters. The molecule has 0 spiro atoms. The van der Waals surface area contributed by atoms with Crippen LogP contribution >= 0.6 is 0 Å². The monoisotopic (exact) mass is 189 g/mol. The number of hydrogen-bond donors (Lipinski definition) is 1. The summed E-state index contributed by atoms with van der Waals surface area (Å²) in [5.74, 6) is -0.642. The van der Waals surface area contributed by atoms with E-state index in [2.05, 4.69) is 5.32 Å². The Bertz CT molecular complexity index is 398. The molecule has 0 bridgehead atoms. The number of carbonyl (C=O) groups is 2. The van der Waals surface area contributed by atoms with Gasteiger partial charge in [0.05, 0.1) is 5.92 Å². The summed E-state index contributed by atoms with van der Waals surface area (Å²) in [5, 5.41) is 2.31. The number of amides is 2. The summed E-state index contributed by atoms with van der Waals surface area (Å²) in [6, 6.07) is 7.66. The molecule has 2 amide bonds. The van der Waals surface area contributed by atoms with Gasteiger partial charge in [-0.3, -0.25) is 14.9 Å². The van der Waals surface area contributed by atoms with Crippen LogP contribution in [-0.2, 0) is 9.59 Å². The van der Waals surface area contributed by atoms with Gasteiger partial charge in [0.1, 0.15) is 0 Å². The van der Waals surface area contributed by atoms with E-state index in [4.69, 9.17) is 0 Å². The van der Waals surface area contributed by atoms with Crippen LogP contribution in [0.1, 0.15) is 23.5 Å². The van der Waals surface area contributed by atoms with Gasteiger partial charge in [-0.25, -0.2) is 0 Å². The average molecular weight is 189 g/mol. The summed E-state index contributed by atoms with van der Waals surface area (Å²) in [5.41, 5.74) is 2.01. The molecule has 1 N–H and O–H groups in total. The SMILES string of the molecule is Cc1ccccc1C1CC(=O)NC1=O. The number of imide groups is 1. The van der Waals surface area contributed by atoms with E-state index in [9.17, 15) is 9.59 Å². The van der Waals surface area contributed by atoms with Gasteiger partial charge in [-0.2, -0.15) is 0 Å². The van der Waals surface area contributed by atoms with Gasteiger partial charge in [-0.05, 0) is 18.1 Å². The number of carbonyl (C=O) groups excluding carboxylic acids is 2. The van der Waals surface area contributed by atoms with Crippen LogP contribution in [0.5, 0.6) is 0 Å². The van der Waals surface area contributed by atoms with Gasteiger partial charge in [-0.15, -0.1) is 0 Å².